The van der Waals surface area contributed by atoms with Crippen LogP contribution < -0.4 is 9.47 Å². The molecule has 0 saturated heterocycles. The largest absolute Gasteiger partial charge is 0.507 e. The number of aryl methyl sites for hydroxylation is 6. The number of para-hydroxylation sites is 2. The normalized spacial score (nSPS) is 16.1. The average Bonchev–Trinajstić information content (AvgIpc) is 3.29. The van der Waals surface area contributed by atoms with Crippen LogP contribution in [0.25, 0.3) is 44.5 Å². The zero-order chi connectivity index (χ0) is 42.3. The van der Waals surface area contributed by atoms with E-state index < -0.39 is 0 Å². The van der Waals surface area contributed by atoms with Gasteiger partial charge in [-0.15, -0.1) is 0 Å². The summed E-state index contributed by atoms with van der Waals surface area (Å²) < 4.78 is 13.3. The highest BCUT2D eigenvalue weighted by Gasteiger charge is 2.28. The van der Waals surface area contributed by atoms with Crippen LogP contribution in [0.3, 0.4) is 0 Å². The molecule has 0 aromatic heterocycles. The van der Waals surface area contributed by atoms with E-state index in [1.54, 1.807) is 0 Å². The second kappa shape index (κ2) is 17.4. The van der Waals surface area contributed by atoms with E-state index >= 15 is 0 Å². The molecule has 62 heavy (non-hydrogen) atoms. The van der Waals surface area contributed by atoms with Gasteiger partial charge in [0.2, 0.25) is 0 Å². The predicted octanol–water partition coefficient (Wildman–Crippen LogP) is 14.1. The quantitative estimate of drug-likeness (QED) is 0.144. The standard InChI is InChI=1S/C58H62O4/c1-36-30-49(57(59)51(32-36)55-43-20-8-4-16-39(43)34-40-17-5-9-21-44(40)55)47-24-12-14-26-53(47)61-29-28-38(3)62-54-27-15-13-25-48(54)50-31-37(2)33-52(58(50)60)56-45-22-10-6-18-41(45)35-42-19-7-11-23-46(42)56/h12-15,24-27,30-35,38,59-60H,4-11,16-23,28-29H2,1-3H3. The maximum atomic E-state index is 12.3. The van der Waals surface area contributed by atoms with Crippen LogP contribution >= 0.6 is 0 Å². The second-order valence-electron chi connectivity index (χ2n) is 18.9. The van der Waals surface area contributed by atoms with E-state index in [9.17, 15) is 10.2 Å². The summed E-state index contributed by atoms with van der Waals surface area (Å²) in [6, 6.07) is 29.9. The lowest BCUT2D eigenvalue weighted by molar-refractivity contribution is 0.178. The van der Waals surface area contributed by atoms with E-state index in [4.69, 9.17) is 9.47 Å². The molecule has 0 aliphatic heterocycles. The van der Waals surface area contributed by atoms with Gasteiger partial charge in [-0.1, -0.05) is 48.5 Å². The summed E-state index contributed by atoms with van der Waals surface area (Å²) in [6.07, 6.45) is 19.1. The summed E-state index contributed by atoms with van der Waals surface area (Å²) in [5, 5.41) is 24.6. The fourth-order valence-electron chi connectivity index (χ4n) is 11.5. The Morgan fingerprint density at radius 2 is 0.823 bits per heavy atom. The summed E-state index contributed by atoms with van der Waals surface area (Å²) in [6.45, 7) is 6.84. The summed E-state index contributed by atoms with van der Waals surface area (Å²) in [7, 11) is 0. The number of aromatic hydroxyl groups is 2. The molecule has 2 N–H and O–H groups in total. The van der Waals surface area contributed by atoms with Crippen LogP contribution in [0.2, 0.25) is 0 Å². The summed E-state index contributed by atoms with van der Waals surface area (Å²) in [4.78, 5) is 0. The van der Waals surface area contributed by atoms with Crippen molar-refractivity contribution in [2.75, 3.05) is 6.61 Å². The second-order valence-corrected chi connectivity index (χ2v) is 18.9. The highest BCUT2D eigenvalue weighted by molar-refractivity contribution is 5.90. The Balaban J connectivity index is 0.907. The molecule has 0 amide bonds. The maximum absolute atomic E-state index is 12.3. The number of rotatable bonds is 10. The van der Waals surface area contributed by atoms with Crippen LogP contribution in [0.4, 0.5) is 0 Å². The van der Waals surface area contributed by atoms with Crippen LogP contribution in [0.15, 0.2) is 84.9 Å². The Bertz CT molecular complexity index is 2600. The lowest BCUT2D eigenvalue weighted by atomic mass is 9.76. The summed E-state index contributed by atoms with van der Waals surface area (Å²) in [5.41, 5.74) is 22.0. The number of phenolic OH excluding ortho intramolecular Hbond substituents is 2. The van der Waals surface area contributed by atoms with Crippen molar-refractivity contribution in [1.29, 1.82) is 0 Å². The van der Waals surface area contributed by atoms with Crippen molar-refractivity contribution >= 4 is 0 Å². The predicted molar refractivity (Wildman–Crippen MR) is 254 cm³/mol. The molecule has 10 rings (SSSR count). The highest BCUT2D eigenvalue weighted by atomic mass is 16.5. The topological polar surface area (TPSA) is 58.9 Å². The smallest absolute Gasteiger partial charge is 0.131 e. The first-order chi connectivity index (χ1) is 30.3. The molecular formula is C58H62O4. The van der Waals surface area contributed by atoms with Gasteiger partial charge in [-0.3, -0.25) is 0 Å². The van der Waals surface area contributed by atoms with Crippen molar-refractivity contribution in [3.05, 3.63) is 141 Å². The molecule has 0 saturated carbocycles. The molecule has 4 heteroatoms. The minimum atomic E-state index is -0.155. The third kappa shape index (κ3) is 7.69. The van der Waals surface area contributed by atoms with E-state index in [1.807, 2.05) is 36.4 Å². The Labute approximate surface area is 369 Å². The SMILES string of the molecule is Cc1cc(-c2ccccc2OCCC(C)Oc2ccccc2-c2cc(C)cc(-c3c4c(cc5c3CCCC5)CCCC4)c2O)c(O)c(-c2c3c(cc4c2CCCC4)CCCC3)c1. The van der Waals surface area contributed by atoms with Gasteiger partial charge in [0.25, 0.3) is 0 Å². The Morgan fingerprint density at radius 1 is 0.452 bits per heavy atom. The third-order valence-corrected chi connectivity index (χ3v) is 14.5. The number of ether oxygens (including phenoxy) is 2. The average molecular weight is 823 g/mol. The minimum Gasteiger partial charge on any atom is -0.507 e. The molecule has 4 nitrogen and oxygen atoms in total. The molecular weight excluding hydrogens is 761 g/mol. The van der Waals surface area contributed by atoms with E-state index in [0.717, 1.165) is 107 Å². The van der Waals surface area contributed by atoms with Crippen LogP contribution in [0.5, 0.6) is 23.0 Å². The third-order valence-electron chi connectivity index (χ3n) is 14.5. The Morgan fingerprint density at radius 3 is 1.27 bits per heavy atom. The van der Waals surface area contributed by atoms with E-state index in [0.29, 0.717) is 24.5 Å². The number of fused-ring (bicyclic) bond motifs is 4. The van der Waals surface area contributed by atoms with E-state index in [-0.39, 0.29) is 6.10 Å². The van der Waals surface area contributed by atoms with Gasteiger partial charge in [-0.05, 0) is 227 Å². The van der Waals surface area contributed by atoms with Crippen molar-refractivity contribution < 1.29 is 19.7 Å². The van der Waals surface area contributed by atoms with Gasteiger partial charge < -0.3 is 19.7 Å². The first kappa shape index (κ1) is 40.6. The summed E-state index contributed by atoms with van der Waals surface area (Å²) >= 11 is 0. The van der Waals surface area contributed by atoms with Gasteiger partial charge in [0, 0.05) is 39.8 Å². The number of benzene rings is 6. The van der Waals surface area contributed by atoms with Gasteiger partial charge in [0.15, 0.2) is 0 Å². The molecule has 1 atom stereocenters. The maximum Gasteiger partial charge on any atom is 0.131 e. The van der Waals surface area contributed by atoms with E-state index in [2.05, 4.69) is 69.3 Å². The van der Waals surface area contributed by atoms with E-state index in [1.165, 1.54) is 107 Å². The molecule has 0 heterocycles. The van der Waals surface area contributed by atoms with Gasteiger partial charge in [0.1, 0.15) is 23.0 Å². The fourth-order valence-corrected chi connectivity index (χ4v) is 11.5. The summed E-state index contributed by atoms with van der Waals surface area (Å²) in [5.74, 6) is 2.21. The minimum absolute atomic E-state index is 0.155. The van der Waals surface area contributed by atoms with Crippen molar-refractivity contribution in [1.82, 2.24) is 0 Å². The van der Waals surface area contributed by atoms with Crippen LogP contribution in [-0.2, 0) is 51.4 Å². The number of hydrogen-bond acceptors (Lipinski definition) is 4. The molecule has 0 spiro atoms. The van der Waals surface area contributed by atoms with Crippen LogP contribution in [0, 0.1) is 13.8 Å². The van der Waals surface area contributed by atoms with Crippen molar-refractivity contribution in [2.24, 2.45) is 0 Å². The molecule has 1 unspecified atom stereocenters. The molecule has 0 fully saturated rings. The van der Waals surface area contributed by atoms with Crippen molar-refractivity contribution in [3.8, 4) is 67.5 Å². The molecule has 4 aliphatic carbocycles. The van der Waals surface area contributed by atoms with Gasteiger partial charge in [0.05, 0.1) is 12.7 Å². The Hall–Kier alpha value is -5.48. The molecule has 0 radical (unpaired) electrons. The van der Waals surface area contributed by atoms with Gasteiger partial charge in [-0.25, -0.2) is 0 Å². The highest BCUT2D eigenvalue weighted by Crippen LogP contribution is 2.50. The zero-order valence-corrected chi connectivity index (χ0v) is 37.1. The molecule has 4 aliphatic rings. The van der Waals surface area contributed by atoms with Crippen LogP contribution in [-0.4, -0.2) is 22.9 Å². The van der Waals surface area contributed by atoms with Crippen LogP contribution in [0.1, 0.15) is 120 Å². The van der Waals surface area contributed by atoms with Crippen molar-refractivity contribution in [3.63, 3.8) is 0 Å². The number of hydrogen-bond donors (Lipinski definition) is 2. The zero-order valence-electron chi connectivity index (χ0n) is 37.1. The lowest BCUT2D eigenvalue weighted by Crippen LogP contribution is -2.16. The monoisotopic (exact) mass is 822 g/mol. The molecule has 318 valence electrons. The van der Waals surface area contributed by atoms with Gasteiger partial charge >= 0.3 is 0 Å². The Kier molecular flexibility index (Phi) is 11.4. The molecule has 0 bridgehead atoms. The molecule has 6 aromatic rings. The first-order valence-electron chi connectivity index (χ1n) is 23.8. The van der Waals surface area contributed by atoms with Gasteiger partial charge in [-0.2, -0.15) is 0 Å². The lowest BCUT2D eigenvalue weighted by Gasteiger charge is -2.29. The van der Waals surface area contributed by atoms with Crippen molar-refractivity contribution in [2.45, 2.75) is 136 Å². The molecule has 6 aromatic carbocycles. The fraction of sp³-hybridized carbons (Fsp3) is 0.379. The first-order valence-corrected chi connectivity index (χ1v) is 23.8. The number of phenols is 2.